The number of carbonyl (C=O) groups excluding carboxylic acids is 2. The Morgan fingerprint density at radius 3 is 2.31 bits per heavy atom. The van der Waals surface area contributed by atoms with E-state index in [-0.39, 0.29) is 11.2 Å². The molecule has 0 aliphatic heterocycles. The van der Waals surface area contributed by atoms with E-state index in [4.69, 9.17) is 0 Å². The maximum Gasteiger partial charge on any atom is 0.159 e. The fourth-order valence-corrected chi connectivity index (χ4v) is 1.99. The zero-order valence-electron chi connectivity index (χ0n) is 10.9. The monoisotopic (exact) mass is 222 g/mol. The summed E-state index contributed by atoms with van der Waals surface area (Å²) in [6.45, 7) is 7.87. The predicted octanol–water partition coefficient (Wildman–Crippen LogP) is 3.45. The van der Waals surface area contributed by atoms with E-state index in [2.05, 4.69) is 0 Å². The number of Topliss-reactive ketones (excluding diaryl/α,β-unsaturated/α-hetero) is 2. The first kappa shape index (κ1) is 13.1. The molecule has 90 valence electrons. The summed E-state index contributed by atoms with van der Waals surface area (Å²) in [6.07, 6.45) is 3.78. The first-order chi connectivity index (χ1) is 7.32. The molecule has 2 nitrogen and oxygen atoms in total. The smallest absolute Gasteiger partial charge is 0.159 e. The van der Waals surface area contributed by atoms with Gasteiger partial charge in [-0.1, -0.05) is 26.3 Å². The number of carbonyl (C=O) groups is 2. The largest absolute Gasteiger partial charge is 0.299 e. The minimum absolute atomic E-state index is 0.247. The maximum atomic E-state index is 11.7. The first-order valence-corrected chi connectivity index (χ1v) is 6.07. The summed E-state index contributed by atoms with van der Waals surface area (Å²) in [6, 6.07) is 0. The van der Waals surface area contributed by atoms with Crippen LogP contribution in [0.1, 0.15) is 59.8 Å². The number of ketones is 2. The lowest BCUT2D eigenvalue weighted by Crippen LogP contribution is -2.19. The summed E-state index contributed by atoms with van der Waals surface area (Å²) in [4.78, 5) is 23.2. The molecular weight excluding hydrogens is 200 g/mol. The molecule has 0 unspecified atom stereocenters. The highest BCUT2D eigenvalue weighted by Gasteiger charge is 2.22. The van der Waals surface area contributed by atoms with Crippen molar-refractivity contribution in [2.45, 2.75) is 59.8 Å². The van der Waals surface area contributed by atoms with Gasteiger partial charge in [0.15, 0.2) is 5.78 Å². The lowest BCUT2D eigenvalue weighted by atomic mass is 9.87. The predicted molar refractivity (Wildman–Crippen MR) is 65.3 cm³/mol. The van der Waals surface area contributed by atoms with Gasteiger partial charge in [-0.25, -0.2) is 0 Å². The van der Waals surface area contributed by atoms with E-state index in [0.29, 0.717) is 18.6 Å². The van der Waals surface area contributed by atoms with E-state index in [0.717, 1.165) is 24.8 Å². The molecule has 0 atom stereocenters. The van der Waals surface area contributed by atoms with E-state index in [1.165, 1.54) is 5.57 Å². The van der Waals surface area contributed by atoms with Crippen molar-refractivity contribution in [3.8, 4) is 0 Å². The molecule has 0 spiro atoms. The Balaban J connectivity index is 2.40. The maximum absolute atomic E-state index is 11.7. The van der Waals surface area contributed by atoms with Gasteiger partial charge in [0.05, 0.1) is 0 Å². The molecule has 0 N–H and O–H groups in total. The van der Waals surface area contributed by atoms with E-state index < -0.39 is 0 Å². The fraction of sp³-hybridized carbons (Fsp3) is 0.714. The van der Waals surface area contributed by atoms with Gasteiger partial charge in [-0.3, -0.25) is 9.59 Å². The van der Waals surface area contributed by atoms with Gasteiger partial charge < -0.3 is 0 Å². The highest BCUT2D eigenvalue weighted by molar-refractivity contribution is 5.98. The Labute approximate surface area is 98.1 Å². The minimum Gasteiger partial charge on any atom is -0.299 e. The average Bonchev–Trinajstić information content (AvgIpc) is 2.47. The van der Waals surface area contributed by atoms with Crippen LogP contribution in [-0.2, 0) is 9.59 Å². The second kappa shape index (κ2) is 4.94. The van der Waals surface area contributed by atoms with Crippen molar-refractivity contribution in [1.29, 1.82) is 0 Å². The molecule has 2 heteroatoms. The Morgan fingerprint density at radius 1 is 1.25 bits per heavy atom. The van der Waals surface area contributed by atoms with Crippen molar-refractivity contribution < 1.29 is 9.59 Å². The molecule has 1 aliphatic carbocycles. The van der Waals surface area contributed by atoms with Crippen LogP contribution in [0.4, 0.5) is 0 Å². The molecule has 0 aromatic heterocycles. The Hall–Kier alpha value is -0.920. The molecular formula is C14H22O2. The number of hydrogen-bond donors (Lipinski definition) is 0. The van der Waals surface area contributed by atoms with Crippen LogP contribution in [0, 0.1) is 5.41 Å². The molecule has 0 aromatic rings. The molecule has 0 aromatic carbocycles. The van der Waals surface area contributed by atoms with Gasteiger partial charge in [0, 0.05) is 18.3 Å². The number of rotatable bonds is 4. The summed E-state index contributed by atoms with van der Waals surface area (Å²) >= 11 is 0. The van der Waals surface area contributed by atoms with Crippen LogP contribution >= 0.6 is 0 Å². The van der Waals surface area contributed by atoms with Gasteiger partial charge >= 0.3 is 0 Å². The SMILES string of the molecule is CC1=C(CCCC(=O)C(C)(C)C)C(=O)CC1. The Morgan fingerprint density at radius 2 is 1.88 bits per heavy atom. The van der Waals surface area contributed by atoms with E-state index in [1.54, 1.807) is 0 Å². The van der Waals surface area contributed by atoms with Crippen LogP contribution in [0.15, 0.2) is 11.1 Å². The van der Waals surface area contributed by atoms with Crippen molar-refractivity contribution in [2.24, 2.45) is 5.41 Å². The van der Waals surface area contributed by atoms with Gasteiger partial charge in [-0.05, 0) is 31.8 Å². The lowest BCUT2D eigenvalue weighted by molar-refractivity contribution is -0.126. The second-order valence-electron chi connectivity index (χ2n) is 5.71. The quantitative estimate of drug-likeness (QED) is 0.730. The molecule has 0 fully saturated rings. The van der Waals surface area contributed by atoms with Gasteiger partial charge in [-0.15, -0.1) is 0 Å². The molecule has 0 amide bonds. The lowest BCUT2D eigenvalue weighted by Gasteiger charge is -2.16. The topological polar surface area (TPSA) is 34.1 Å². The summed E-state index contributed by atoms with van der Waals surface area (Å²) in [5.41, 5.74) is 1.97. The van der Waals surface area contributed by atoms with Crippen LogP contribution in [0.2, 0.25) is 0 Å². The van der Waals surface area contributed by atoms with E-state index >= 15 is 0 Å². The van der Waals surface area contributed by atoms with Crippen LogP contribution in [0.25, 0.3) is 0 Å². The van der Waals surface area contributed by atoms with Crippen LogP contribution in [0.3, 0.4) is 0 Å². The molecule has 1 rings (SSSR count). The molecule has 0 saturated heterocycles. The Bertz CT molecular complexity index is 329. The van der Waals surface area contributed by atoms with E-state index in [1.807, 2.05) is 27.7 Å². The van der Waals surface area contributed by atoms with Crippen molar-refractivity contribution >= 4 is 11.6 Å². The number of allylic oxidation sites excluding steroid dienone is 2. The van der Waals surface area contributed by atoms with Gasteiger partial charge in [0.2, 0.25) is 0 Å². The van der Waals surface area contributed by atoms with Crippen molar-refractivity contribution in [3.05, 3.63) is 11.1 Å². The third kappa shape index (κ3) is 3.29. The summed E-state index contributed by atoms with van der Waals surface area (Å²) in [7, 11) is 0. The van der Waals surface area contributed by atoms with Crippen LogP contribution in [-0.4, -0.2) is 11.6 Å². The molecule has 16 heavy (non-hydrogen) atoms. The van der Waals surface area contributed by atoms with E-state index in [9.17, 15) is 9.59 Å². The molecule has 0 saturated carbocycles. The van der Waals surface area contributed by atoms with Crippen molar-refractivity contribution in [2.75, 3.05) is 0 Å². The van der Waals surface area contributed by atoms with Gasteiger partial charge in [-0.2, -0.15) is 0 Å². The summed E-state index contributed by atoms with van der Waals surface area (Å²) in [5.74, 6) is 0.580. The van der Waals surface area contributed by atoms with Crippen LogP contribution in [0.5, 0.6) is 0 Å². The molecule has 1 aliphatic rings. The average molecular weight is 222 g/mol. The molecule has 0 bridgehead atoms. The van der Waals surface area contributed by atoms with Gasteiger partial charge in [0.1, 0.15) is 5.78 Å². The Kier molecular flexibility index (Phi) is 4.06. The number of hydrogen-bond acceptors (Lipinski definition) is 2. The zero-order valence-corrected chi connectivity index (χ0v) is 10.9. The fourth-order valence-electron chi connectivity index (χ4n) is 1.99. The normalized spacial score (nSPS) is 17.1. The summed E-state index contributed by atoms with van der Waals surface area (Å²) < 4.78 is 0. The van der Waals surface area contributed by atoms with Crippen LogP contribution < -0.4 is 0 Å². The van der Waals surface area contributed by atoms with Gasteiger partial charge in [0.25, 0.3) is 0 Å². The molecule has 0 radical (unpaired) electrons. The minimum atomic E-state index is -0.247. The third-order valence-electron chi connectivity index (χ3n) is 3.25. The highest BCUT2D eigenvalue weighted by Crippen LogP contribution is 2.27. The molecule has 0 heterocycles. The highest BCUT2D eigenvalue weighted by atomic mass is 16.1. The standard InChI is InChI=1S/C14H22O2/c1-10-8-9-12(15)11(10)6-5-7-13(16)14(2,3)4/h5-9H2,1-4H3. The second-order valence-corrected chi connectivity index (χ2v) is 5.71. The zero-order chi connectivity index (χ0) is 12.3. The van der Waals surface area contributed by atoms with Crippen molar-refractivity contribution in [1.82, 2.24) is 0 Å². The van der Waals surface area contributed by atoms with Crippen molar-refractivity contribution in [3.63, 3.8) is 0 Å². The summed E-state index contributed by atoms with van der Waals surface area (Å²) in [5, 5.41) is 0. The third-order valence-corrected chi connectivity index (χ3v) is 3.25. The first-order valence-electron chi connectivity index (χ1n) is 6.07.